The van der Waals surface area contributed by atoms with Crippen LogP contribution in [0.25, 0.3) is 0 Å². The Bertz CT molecular complexity index is 388. The van der Waals surface area contributed by atoms with Crippen LogP contribution in [-0.4, -0.2) is 49.4 Å². The summed E-state index contributed by atoms with van der Waals surface area (Å²) in [6, 6.07) is 0. The minimum atomic E-state index is 0.0829. The first-order valence-electron chi connectivity index (χ1n) is 11.5. The molecular weight excluding hydrogens is 338 g/mol. The lowest BCUT2D eigenvalue weighted by molar-refractivity contribution is -0.124. The van der Waals surface area contributed by atoms with Crippen molar-refractivity contribution in [3.05, 3.63) is 0 Å². The number of carbonyl (C=O) groups is 2. The fourth-order valence-electron chi connectivity index (χ4n) is 3.63. The molecule has 1 aliphatic rings. The minimum Gasteiger partial charge on any atom is -0.355 e. The van der Waals surface area contributed by atoms with Gasteiger partial charge in [0.05, 0.1) is 6.54 Å². The number of carbonyl (C=O) groups excluding carboxylic acids is 2. The molecule has 2 amide bonds. The number of rotatable bonds is 17. The Morgan fingerprint density at radius 1 is 0.926 bits per heavy atom. The molecule has 1 saturated heterocycles. The van der Waals surface area contributed by atoms with Gasteiger partial charge in [0.1, 0.15) is 0 Å². The van der Waals surface area contributed by atoms with E-state index in [1.165, 1.54) is 70.6 Å². The van der Waals surface area contributed by atoms with E-state index in [9.17, 15) is 9.59 Å². The van der Waals surface area contributed by atoms with Crippen molar-refractivity contribution >= 4 is 11.8 Å². The molecule has 1 aliphatic heterocycles. The molecule has 1 fully saturated rings. The second kappa shape index (κ2) is 17.0. The molecule has 1 rings (SSSR count). The van der Waals surface area contributed by atoms with E-state index in [1.807, 2.05) is 0 Å². The quantitative estimate of drug-likeness (QED) is 0.374. The van der Waals surface area contributed by atoms with Gasteiger partial charge in [-0.3, -0.25) is 14.5 Å². The minimum absolute atomic E-state index is 0.0829. The first-order chi connectivity index (χ1) is 13.2. The SMILES string of the molecule is CCCCCCCCCCCCCCCC(=O)NCCN1CCNC(=O)C1. The van der Waals surface area contributed by atoms with Gasteiger partial charge in [-0.2, -0.15) is 0 Å². The molecule has 5 heteroatoms. The second-order valence-electron chi connectivity index (χ2n) is 7.97. The largest absolute Gasteiger partial charge is 0.355 e. The smallest absolute Gasteiger partial charge is 0.234 e. The maximum Gasteiger partial charge on any atom is 0.234 e. The van der Waals surface area contributed by atoms with E-state index in [-0.39, 0.29) is 11.8 Å². The molecule has 0 aromatic heterocycles. The molecule has 0 atom stereocenters. The van der Waals surface area contributed by atoms with Crippen molar-refractivity contribution in [1.29, 1.82) is 0 Å². The summed E-state index contributed by atoms with van der Waals surface area (Å²) < 4.78 is 0. The molecule has 5 nitrogen and oxygen atoms in total. The first-order valence-corrected chi connectivity index (χ1v) is 11.5. The second-order valence-corrected chi connectivity index (χ2v) is 7.97. The number of nitrogens with one attached hydrogen (secondary N) is 2. The van der Waals surface area contributed by atoms with Crippen molar-refractivity contribution in [1.82, 2.24) is 15.5 Å². The Hall–Kier alpha value is -1.10. The van der Waals surface area contributed by atoms with Crippen molar-refractivity contribution in [2.24, 2.45) is 0 Å². The lowest BCUT2D eigenvalue weighted by atomic mass is 10.0. The topological polar surface area (TPSA) is 61.4 Å². The van der Waals surface area contributed by atoms with E-state index in [2.05, 4.69) is 22.5 Å². The lowest BCUT2D eigenvalue weighted by Gasteiger charge is -2.26. The molecular formula is C22H43N3O2. The van der Waals surface area contributed by atoms with Crippen LogP contribution < -0.4 is 10.6 Å². The predicted molar refractivity (Wildman–Crippen MR) is 113 cm³/mol. The molecule has 0 aromatic rings. The van der Waals surface area contributed by atoms with Crippen LogP contribution in [0, 0.1) is 0 Å². The molecule has 27 heavy (non-hydrogen) atoms. The number of piperazine rings is 1. The summed E-state index contributed by atoms with van der Waals surface area (Å²) in [6.07, 6.45) is 17.9. The van der Waals surface area contributed by atoms with E-state index >= 15 is 0 Å². The van der Waals surface area contributed by atoms with Crippen molar-refractivity contribution in [2.45, 2.75) is 96.8 Å². The Balaban J connectivity index is 1.78. The fraction of sp³-hybridized carbons (Fsp3) is 0.909. The van der Waals surface area contributed by atoms with Gasteiger partial charge in [0.25, 0.3) is 0 Å². The molecule has 0 aromatic carbocycles. The molecule has 0 spiro atoms. The highest BCUT2D eigenvalue weighted by Crippen LogP contribution is 2.12. The van der Waals surface area contributed by atoms with E-state index in [0.717, 1.165) is 25.9 Å². The van der Waals surface area contributed by atoms with Crippen molar-refractivity contribution in [3.63, 3.8) is 0 Å². The summed E-state index contributed by atoms with van der Waals surface area (Å²) in [6.45, 7) is 5.72. The zero-order valence-corrected chi connectivity index (χ0v) is 17.7. The number of nitrogens with zero attached hydrogens (tertiary/aromatic N) is 1. The monoisotopic (exact) mass is 381 g/mol. The first kappa shape index (κ1) is 23.9. The van der Waals surface area contributed by atoms with Crippen molar-refractivity contribution < 1.29 is 9.59 Å². The fourth-order valence-corrected chi connectivity index (χ4v) is 3.63. The summed E-state index contributed by atoms with van der Waals surface area (Å²) >= 11 is 0. The highest BCUT2D eigenvalue weighted by molar-refractivity contribution is 5.78. The van der Waals surface area contributed by atoms with Crippen LogP contribution >= 0.6 is 0 Å². The van der Waals surface area contributed by atoms with Crippen LogP contribution in [0.1, 0.15) is 96.8 Å². The van der Waals surface area contributed by atoms with Crippen LogP contribution in [0.15, 0.2) is 0 Å². The molecule has 0 radical (unpaired) electrons. The van der Waals surface area contributed by atoms with Gasteiger partial charge < -0.3 is 10.6 Å². The predicted octanol–water partition coefficient (Wildman–Crippen LogP) is 4.02. The van der Waals surface area contributed by atoms with Gasteiger partial charge in [0.2, 0.25) is 11.8 Å². The number of unbranched alkanes of at least 4 members (excludes halogenated alkanes) is 12. The molecule has 0 unspecified atom stereocenters. The van der Waals surface area contributed by atoms with Gasteiger partial charge in [-0.15, -0.1) is 0 Å². The number of hydrogen-bond acceptors (Lipinski definition) is 3. The molecule has 0 bridgehead atoms. The Morgan fingerprint density at radius 3 is 2.04 bits per heavy atom. The summed E-state index contributed by atoms with van der Waals surface area (Å²) in [5, 5.41) is 5.79. The van der Waals surface area contributed by atoms with E-state index in [1.54, 1.807) is 0 Å². The zero-order chi connectivity index (χ0) is 19.6. The summed E-state index contributed by atoms with van der Waals surface area (Å²) in [5.41, 5.74) is 0. The lowest BCUT2D eigenvalue weighted by Crippen LogP contribution is -2.49. The highest BCUT2D eigenvalue weighted by atomic mass is 16.2. The van der Waals surface area contributed by atoms with E-state index < -0.39 is 0 Å². The maximum atomic E-state index is 11.8. The van der Waals surface area contributed by atoms with Crippen molar-refractivity contribution in [3.8, 4) is 0 Å². The Kier molecular flexibility index (Phi) is 15.1. The molecule has 0 aliphatic carbocycles. The molecule has 1 heterocycles. The summed E-state index contributed by atoms with van der Waals surface area (Å²) in [4.78, 5) is 25.2. The van der Waals surface area contributed by atoms with Crippen LogP contribution in [-0.2, 0) is 9.59 Å². The van der Waals surface area contributed by atoms with Gasteiger partial charge in [-0.1, -0.05) is 84.0 Å². The van der Waals surface area contributed by atoms with E-state index in [0.29, 0.717) is 26.1 Å². The highest BCUT2D eigenvalue weighted by Gasteiger charge is 2.15. The Labute approximate surface area is 167 Å². The summed E-state index contributed by atoms with van der Waals surface area (Å²) in [5.74, 6) is 0.235. The van der Waals surface area contributed by atoms with Crippen LogP contribution in [0.3, 0.4) is 0 Å². The van der Waals surface area contributed by atoms with Crippen LogP contribution in [0.2, 0.25) is 0 Å². The van der Waals surface area contributed by atoms with Crippen LogP contribution in [0.5, 0.6) is 0 Å². The van der Waals surface area contributed by atoms with Crippen molar-refractivity contribution in [2.75, 3.05) is 32.7 Å². The van der Waals surface area contributed by atoms with E-state index in [4.69, 9.17) is 0 Å². The number of amides is 2. The average Bonchev–Trinajstić information content (AvgIpc) is 2.65. The van der Waals surface area contributed by atoms with Gasteiger partial charge in [0.15, 0.2) is 0 Å². The normalized spacial score (nSPS) is 14.9. The van der Waals surface area contributed by atoms with Crippen LogP contribution in [0.4, 0.5) is 0 Å². The zero-order valence-electron chi connectivity index (χ0n) is 17.7. The Morgan fingerprint density at radius 2 is 1.48 bits per heavy atom. The third-order valence-electron chi connectivity index (χ3n) is 5.38. The third-order valence-corrected chi connectivity index (χ3v) is 5.38. The maximum absolute atomic E-state index is 11.8. The standard InChI is InChI=1S/C22H43N3O2/c1-2-3-4-5-6-7-8-9-10-11-12-13-14-15-21(26)23-16-18-25-19-17-24-22(27)20-25/h2-20H2,1H3,(H,23,26)(H,24,27). The van der Waals surface area contributed by atoms with Gasteiger partial charge in [0, 0.05) is 32.6 Å². The van der Waals surface area contributed by atoms with Gasteiger partial charge >= 0.3 is 0 Å². The molecule has 158 valence electrons. The van der Waals surface area contributed by atoms with Gasteiger partial charge in [-0.05, 0) is 6.42 Å². The molecule has 2 N–H and O–H groups in total. The average molecular weight is 382 g/mol. The van der Waals surface area contributed by atoms with Gasteiger partial charge in [-0.25, -0.2) is 0 Å². The molecule has 0 saturated carbocycles. The third kappa shape index (κ3) is 14.6. The number of hydrogen-bond donors (Lipinski definition) is 2. The summed E-state index contributed by atoms with van der Waals surface area (Å²) in [7, 11) is 0.